The Labute approximate surface area is 55.4 Å². The molecule has 1 aliphatic heterocycles. The average molecular weight is 124 g/mol. The smallest absolute Gasteiger partial charge is 0.0499 e. The second kappa shape index (κ2) is 1.34. The van der Waals surface area contributed by atoms with Gasteiger partial charge in [0.15, 0.2) is 0 Å². The van der Waals surface area contributed by atoms with Gasteiger partial charge in [0.25, 0.3) is 0 Å². The van der Waals surface area contributed by atoms with E-state index in [1.807, 2.05) is 0 Å². The molecule has 4 bridgehead atoms. The van der Waals surface area contributed by atoms with Crippen LogP contribution in [0.1, 0.15) is 12.8 Å². The summed E-state index contributed by atoms with van der Waals surface area (Å²) < 4.78 is 5.46. The van der Waals surface area contributed by atoms with Crippen molar-refractivity contribution in [2.45, 2.75) is 12.8 Å². The van der Waals surface area contributed by atoms with E-state index in [1.165, 1.54) is 6.42 Å². The molecule has 0 radical (unpaired) electrons. The topological polar surface area (TPSA) is 9.23 Å². The maximum atomic E-state index is 5.46. The Kier molecular flexibility index (Phi) is 0.704. The molecular formula is C8H12O. The maximum absolute atomic E-state index is 5.46. The molecule has 9 heavy (non-hydrogen) atoms. The van der Waals surface area contributed by atoms with Crippen LogP contribution in [0.5, 0.6) is 0 Å². The van der Waals surface area contributed by atoms with E-state index in [9.17, 15) is 0 Å². The Morgan fingerprint density at radius 3 is 2.67 bits per heavy atom. The summed E-state index contributed by atoms with van der Waals surface area (Å²) in [5.41, 5.74) is 0. The van der Waals surface area contributed by atoms with E-state index in [-0.39, 0.29) is 0 Å². The van der Waals surface area contributed by atoms with Crippen molar-refractivity contribution in [2.24, 2.45) is 23.7 Å². The fourth-order valence-corrected chi connectivity index (χ4v) is 3.04. The van der Waals surface area contributed by atoms with Gasteiger partial charge in [0, 0.05) is 13.2 Å². The first-order chi connectivity index (χ1) is 4.45. The molecule has 4 fully saturated rings. The van der Waals surface area contributed by atoms with E-state index in [2.05, 4.69) is 0 Å². The molecule has 4 rings (SSSR count). The van der Waals surface area contributed by atoms with Gasteiger partial charge in [-0.05, 0) is 36.5 Å². The Bertz CT molecular complexity index is 138. The van der Waals surface area contributed by atoms with Gasteiger partial charge >= 0.3 is 0 Å². The van der Waals surface area contributed by atoms with Gasteiger partial charge in [-0.25, -0.2) is 0 Å². The first kappa shape index (κ1) is 4.73. The third-order valence-electron chi connectivity index (χ3n) is 3.58. The average Bonchev–Trinajstić information content (AvgIpc) is 2.30. The Hall–Kier alpha value is -0.0400. The normalized spacial score (nSPS) is 61.3. The van der Waals surface area contributed by atoms with Gasteiger partial charge < -0.3 is 4.74 Å². The monoisotopic (exact) mass is 124 g/mol. The summed E-state index contributed by atoms with van der Waals surface area (Å²) in [6.45, 7) is 2.17. The van der Waals surface area contributed by atoms with Gasteiger partial charge in [-0.1, -0.05) is 0 Å². The van der Waals surface area contributed by atoms with E-state index in [0.29, 0.717) is 0 Å². The highest BCUT2D eigenvalue weighted by molar-refractivity contribution is 5.02. The highest BCUT2D eigenvalue weighted by Gasteiger charge is 2.54. The Balaban J connectivity index is 1.95. The molecule has 50 valence electrons. The maximum Gasteiger partial charge on any atom is 0.0499 e. The minimum absolute atomic E-state index is 0.980. The van der Waals surface area contributed by atoms with Crippen molar-refractivity contribution in [3.63, 3.8) is 0 Å². The zero-order chi connectivity index (χ0) is 5.84. The van der Waals surface area contributed by atoms with Crippen molar-refractivity contribution in [1.82, 2.24) is 0 Å². The molecule has 1 heteroatoms. The molecule has 0 aromatic carbocycles. The van der Waals surface area contributed by atoms with Crippen molar-refractivity contribution >= 4 is 0 Å². The number of rotatable bonds is 0. The lowest BCUT2D eigenvalue weighted by Gasteiger charge is -2.39. The van der Waals surface area contributed by atoms with Crippen LogP contribution in [0, 0.1) is 23.7 Å². The van der Waals surface area contributed by atoms with Crippen LogP contribution in [0.25, 0.3) is 0 Å². The molecule has 1 heterocycles. The van der Waals surface area contributed by atoms with E-state index in [1.54, 1.807) is 6.42 Å². The summed E-state index contributed by atoms with van der Waals surface area (Å²) in [5, 5.41) is 0. The summed E-state index contributed by atoms with van der Waals surface area (Å²) in [7, 11) is 0. The van der Waals surface area contributed by atoms with Crippen LogP contribution < -0.4 is 0 Å². The number of ether oxygens (including phenoxy) is 1. The van der Waals surface area contributed by atoms with Crippen LogP contribution >= 0.6 is 0 Å². The van der Waals surface area contributed by atoms with Gasteiger partial charge in [-0.2, -0.15) is 0 Å². The summed E-state index contributed by atoms with van der Waals surface area (Å²) in [6.07, 6.45) is 3.04. The second-order valence-electron chi connectivity index (χ2n) is 3.86. The third kappa shape index (κ3) is 0.420. The molecule has 4 aliphatic rings. The van der Waals surface area contributed by atoms with Crippen LogP contribution in [0.15, 0.2) is 0 Å². The number of hydrogen-bond acceptors (Lipinski definition) is 1. The summed E-state index contributed by atoms with van der Waals surface area (Å²) in [6, 6.07) is 0. The Morgan fingerprint density at radius 2 is 1.89 bits per heavy atom. The van der Waals surface area contributed by atoms with Gasteiger partial charge in [0.1, 0.15) is 0 Å². The summed E-state index contributed by atoms with van der Waals surface area (Å²) in [4.78, 5) is 0. The van der Waals surface area contributed by atoms with Gasteiger partial charge in [0.05, 0.1) is 0 Å². The largest absolute Gasteiger partial charge is 0.381 e. The molecule has 1 saturated heterocycles. The third-order valence-corrected chi connectivity index (χ3v) is 3.58. The first-order valence-electron chi connectivity index (χ1n) is 4.03. The molecular weight excluding hydrogens is 112 g/mol. The minimum Gasteiger partial charge on any atom is -0.381 e. The standard InChI is InChI=1S/C8H12O/c1-5-2-7-6(1)3-9-4-8(5)7/h5-8H,1-4H2. The van der Waals surface area contributed by atoms with Crippen LogP contribution in [0.3, 0.4) is 0 Å². The van der Waals surface area contributed by atoms with Gasteiger partial charge in [-0.3, -0.25) is 0 Å². The quantitative estimate of drug-likeness (QED) is 0.473. The van der Waals surface area contributed by atoms with Crippen molar-refractivity contribution in [2.75, 3.05) is 13.2 Å². The lowest BCUT2D eigenvalue weighted by atomic mass is 9.71. The number of hydrogen-bond donors (Lipinski definition) is 0. The Morgan fingerprint density at radius 1 is 0.889 bits per heavy atom. The highest BCUT2D eigenvalue weighted by atomic mass is 16.5. The van der Waals surface area contributed by atoms with E-state index < -0.39 is 0 Å². The zero-order valence-corrected chi connectivity index (χ0v) is 5.55. The lowest BCUT2D eigenvalue weighted by Crippen LogP contribution is -2.38. The molecule has 0 spiro atoms. The van der Waals surface area contributed by atoms with E-state index in [0.717, 1.165) is 36.9 Å². The SMILES string of the molecule is C1OCC2C3CC1C2C3. The fraction of sp³-hybridized carbons (Fsp3) is 1.00. The predicted octanol–water partition coefficient (Wildman–Crippen LogP) is 1.29. The van der Waals surface area contributed by atoms with Crippen LogP contribution in [0.2, 0.25) is 0 Å². The first-order valence-corrected chi connectivity index (χ1v) is 4.03. The zero-order valence-electron chi connectivity index (χ0n) is 5.55. The predicted molar refractivity (Wildman–Crippen MR) is 34.0 cm³/mol. The molecule has 0 N–H and O–H groups in total. The molecule has 1 nitrogen and oxygen atoms in total. The van der Waals surface area contributed by atoms with E-state index in [4.69, 9.17) is 4.74 Å². The second-order valence-corrected chi connectivity index (χ2v) is 3.86. The van der Waals surface area contributed by atoms with Crippen LogP contribution in [-0.2, 0) is 4.74 Å². The van der Waals surface area contributed by atoms with Crippen molar-refractivity contribution in [1.29, 1.82) is 0 Å². The van der Waals surface area contributed by atoms with E-state index >= 15 is 0 Å². The molecule has 3 aliphatic carbocycles. The van der Waals surface area contributed by atoms with Gasteiger partial charge in [-0.15, -0.1) is 0 Å². The van der Waals surface area contributed by atoms with Gasteiger partial charge in [0.2, 0.25) is 0 Å². The molecule has 0 aromatic rings. The molecule has 3 saturated carbocycles. The highest BCUT2D eigenvalue weighted by Crippen LogP contribution is 2.58. The van der Waals surface area contributed by atoms with Crippen LogP contribution in [0.4, 0.5) is 0 Å². The van der Waals surface area contributed by atoms with Crippen LogP contribution in [-0.4, -0.2) is 13.2 Å². The summed E-state index contributed by atoms with van der Waals surface area (Å²) in [5.74, 6) is 4.17. The molecule has 4 unspecified atom stereocenters. The lowest BCUT2D eigenvalue weighted by molar-refractivity contribution is -0.0412. The minimum atomic E-state index is 0.980. The van der Waals surface area contributed by atoms with Crippen molar-refractivity contribution < 1.29 is 4.74 Å². The summed E-state index contributed by atoms with van der Waals surface area (Å²) >= 11 is 0. The molecule has 4 atom stereocenters. The fourth-order valence-electron chi connectivity index (χ4n) is 3.04. The molecule has 0 aromatic heterocycles. The van der Waals surface area contributed by atoms with Crippen molar-refractivity contribution in [3.05, 3.63) is 0 Å². The van der Waals surface area contributed by atoms with Crippen molar-refractivity contribution in [3.8, 4) is 0 Å². The molecule has 0 amide bonds.